The third-order valence-corrected chi connectivity index (χ3v) is 3.53. The van der Waals surface area contributed by atoms with Gasteiger partial charge in [-0.05, 0) is 37.1 Å². The van der Waals surface area contributed by atoms with Gasteiger partial charge in [-0.25, -0.2) is 0 Å². The Labute approximate surface area is 137 Å². The zero-order valence-corrected chi connectivity index (χ0v) is 13.9. The fraction of sp³-hybridized carbons (Fsp3) is 0.333. The number of pyridine rings is 1. The van der Waals surface area contributed by atoms with Gasteiger partial charge in [-0.15, -0.1) is 0 Å². The van der Waals surface area contributed by atoms with Gasteiger partial charge in [-0.1, -0.05) is 24.3 Å². The Hall–Kier alpha value is -2.56. The molecule has 0 aliphatic carbocycles. The van der Waals surface area contributed by atoms with Crippen molar-refractivity contribution in [1.29, 1.82) is 0 Å². The lowest BCUT2D eigenvalue weighted by atomic mass is 10.0. The highest BCUT2D eigenvalue weighted by Gasteiger charge is 2.09. The van der Waals surface area contributed by atoms with Gasteiger partial charge in [0, 0.05) is 13.2 Å². The third kappa shape index (κ3) is 5.29. The van der Waals surface area contributed by atoms with E-state index in [-0.39, 0.29) is 6.04 Å². The van der Waals surface area contributed by atoms with Crippen molar-refractivity contribution in [1.82, 2.24) is 15.6 Å². The number of benzene rings is 1. The first-order valence-electron chi connectivity index (χ1n) is 7.76. The molecule has 0 aliphatic rings. The maximum atomic E-state index is 5.60. The van der Waals surface area contributed by atoms with Crippen LogP contribution in [0.4, 0.5) is 0 Å². The van der Waals surface area contributed by atoms with Gasteiger partial charge in [0.05, 0.1) is 18.8 Å². The van der Waals surface area contributed by atoms with Crippen LogP contribution in [-0.2, 0) is 0 Å². The second kappa shape index (κ2) is 8.78. The summed E-state index contributed by atoms with van der Waals surface area (Å²) in [6.07, 6.45) is 3.43. The summed E-state index contributed by atoms with van der Waals surface area (Å²) in [5, 5.41) is 6.65. The highest BCUT2D eigenvalue weighted by Crippen LogP contribution is 2.16. The predicted octanol–water partition coefficient (Wildman–Crippen LogP) is 2.70. The number of nitrogens with one attached hydrogen (secondary N) is 2. The van der Waals surface area contributed by atoms with Gasteiger partial charge >= 0.3 is 0 Å². The highest BCUT2D eigenvalue weighted by atomic mass is 16.5. The largest absolute Gasteiger partial charge is 0.490 e. The van der Waals surface area contributed by atoms with Crippen molar-refractivity contribution >= 4 is 5.96 Å². The molecule has 1 aromatic carbocycles. The van der Waals surface area contributed by atoms with E-state index in [1.807, 2.05) is 12.1 Å². The van der Waals surface area contributed by atoms with Crippen molar-refractivity contribution < 1.29 is 4.74 Å². The molecule has 0 aliphatic heterocycles. The number of hydrogen-bond donors (Lipinski definition) is 2. The lowest BCUT2D eigenvalue weighted by molar-refractivity contribution is 0.320. The zero-order valence-electron chi connectivity index (χ0n) is 13.9. The van der Waals surface area contributed by atoms with Crippen LogP contribution in [0.15, 0.2) is 53.8 Å². The molecule has 0 amide bonds. The van der Waals surface area contributed by atoms with Gasteiger partial charge < -0.3 is 15.4 Å². The Morgan fingerprint density at radius 1 is 1.26 bits per heavy atom. The van der Waals surface area contributed by atoms with Crippen molar-refractivity contribution in [3.8, 4) is 5.75 Å². The van der Waals surface area contributed by atoms with E-state index in [0.29, 0.717) is 13.2 Å². The van der Waals surface area contributed by atoms with E-state index in [0.717, 1.165) is 11.7 Å². The number of ether oxygens (including phenoxy) is 1. The lowest BCUT2D eigenvalue weighted by Gasteiger charge is -2.19. The molecule has 5 heteroatoms. The van der Waals surface area contributed by atoms with Crippen LogP contribution >= 0.6 is 0 Å². The number of aliphatic imine (C=N–C) groups is 1. The smallest absolute Gasteiger partial charge is 0.191 e. The summed E-state index contributed by atoms with van der Waals surface area (Å²) in [6.45, 7) is 5.45. The van der Waals surface area contributed by atoms with E-state index in [1.54, 1.807) is 19.4 Å². The van der Waals surface area contributed by atoms with Gasteiger partial charge in [-0.2, -0.15) is 0 Å². The van der Waals surface area contributed by atoms with Crippen molar-refractivity contribution in [2.45, 2.75) is 19.9 Å². The summed E-state index contributed by atoms with van der Waals surface area (Å²) in [7, 11) is 1.77. The van der Waals surface area contributed by atoms with Crippen LogP contribution < -0.4 is 15.4 Å². The van der Waals surface area contributed by atoms with Gasteiger partial charge in [-0.3, -0.25) is 9.98 Å². The molecule has 1 unspecified atom stereocenters. The molecule has 1 aromatic heterocycles. The molecule has 23 heavy (non-hydrogen) atoms. The first-order valence-corrected chi connectivity index (χ1v) is 7.76. The minimum absolute atomic E-state index is 0.182. The van der Waals surface area contributed by atoms with Crippen LogP contribution in [0.1, 0.15) is 24.1 Å². The third-order valence-electron chi connectivity index (χ3n) is 3.53. The van der Waals surface area contributed by atoms with Crippen molar-refractivity contribution in [2.75, 3.05) is 20.2 Å². The van der Waals surface area contributed by atoms with Crippen LogP contribution in [0.5, 0.6) is 5.75 Å². The van der Waals surface area contributed by atoms with Crippen molar-refractivity contribution in [2.24, 2.45) is 4.99 Å². The monoisotopic (exact) mass is 312 g/mol. The van der Waals surface area contributed by atoms with Crippen LogP contribution in [0, 0.1) is 6.92 Å². The Morgan fingerprint density at radius 2 is 2.09 bits per heavy atom. The van der Waals surface area contributed by atoms with Gasteiger partial charge in [0.15, 0.2) is 5.96 Å². The summed E-state index contributed by atoms with van der Waals surface area (Å²) in [4.78, 5) is 8.27. The Kier molecular flexibility index (Phi) is 6.41. The number of aryl methyl sites for hydroxylation is 1. The van der Waals surface area contributed by atoms with Crippen LogP contribution in [0.2, 0.25) is 0 Å². The molecular weight excluding hydrogens is 288 g/mol. The Bertz CT molecular complexity index is 628. The summed E-state index contributed by atoms with van der Waals surface area (Å²) >= 11 is 0. The normalized spacial score (nSPS) is 12.6. The number of guanidine groups is 1. The van der Waals surface area contributed by atoms with E-state index in [4.69, 9.17) is 4.74 Å². The minimum Gasteiger partial charge on any atom is -0.490 e. The second-order valence-electron chi connectivity index (χ2n) is 5.26. The van der Waals surface area contributed by atoms with E-state index in [9.17, 15) is 0 Å². The number of rotatable bonds is 6. The Morgan fingerprint density at radius 3 is 2.78 bits per heavy atom. The molecule has 1 atom stereocenters. The highest BCUT2D eigenvalue weighted by molar-refractivity contribution is 5.80. The van der Waals surface area contributed by atoms with E-state index in [2.05, 4.69) is 58.7 Å². The average molecular weight is 312 g/mol. The number of aromatic nitrogens is 1. The SMILES string of the molecule is CN=C(NCCOc1cccnc1)NC(C)c1ccccc1C. The molecule has 5 nitrogen and oxygen atoms in total. The molecule has 0 fully saturated rings. The summed E-state index contributed by atoms with van der Waals surface area (Å²) in [6, 6.07) is 12.3. The van der Waals surface area contributed by atoms with E-state index >= 15 is 0 Å². The standard InChI is InChI=1S/C18H24N4O/c1-14-7-4-5-9-17(14)15(2)22-18(19-3)21-11-12-23-16-8-6-10-20-13-16/h4-10,13,15H,11-12H2,1-3H3,(H2,19,21,22). The fourth-order valence-electron chi connectivity index (χ4n) is 2.32. The zero-order chi connectivity index (χ0) is 16.5. The molecule has 122 valence electrons. The van der Waals surface area contributed by atoms with E-state index in [1.165, 1.54) is 11.1 Å². The summed E-state index contributed by atoms with van der Waals surface area (Å²) in [5.74, 6) is 1.53. The maximum Gasteiger partial charge on any atom is 0.191 e. The molecule has 2 aromatic rings. The minimum atomic E-state index is 0.182. The predicted molar refractivity (Wildman–Crippen MR) is 93.8 cm³/mol. The summed E-state index contributed by atoms with van der Waals surface area (Å²) in [5.41, 5.74) is 2.53. The van der Waals surface area contributed by atoms with Gasteiger partial charge in [0.25, 0.3) is 0 Å². The molecule has 2 N–H and O–H groups in total. The molecule has 0 spiro atoms. The van der Waals surface area contributed by atoms with Crippen molar-refractivity contribution in [3.05, 3.63) is 59.9 Å². The molecule has 2 rings (SSSR count). The lowest BCUT2D eigenvalue weighted by Crippen LogP contribution is -2.40. The Balaban J connectivity index is 1.78. The summed E-state index contributed by atoms with van der Waals surface area (Å²) < 4.78 is 5.60. The topological polar surface area (TPSA) is 58.5 Å². The first kappa shape index (κ1) is 16.8. The second-order valence-corrected chi connectivity index (χ2v) is 5.26. The molecule has 0 radical (unpaired) electrons. The maximum absolute atomic E-state index is 5.60. The molecule has 1 heterocycles. The average Bonchev–Trinajstić information content (AvgIpc) is 2.58. The number of hydrogen-bond acceptors (Lipinski definition) is 3. The van der Waals surface area contributed by atoms with E-state index < -0.39 is 0 Å². The van der Waals surface area contributed by atoms with Gasteiger partial charge in [0.2, 0.25) is 0 Å². The quantitative estimate of drug-likeness (QED) is 0.489. The first-order chi connectivity index (χ1) is 11.2. The molecule has 0 bridgehead atoms. The molecule has 0 saturated carbocycles. The molecular formula is C18H24N4O. The number of nitrogens with zero attached hydrogens (tertiary/aromatic N) is 2. The van der Waals surface area contributed by atoms with Crippen molar-refractivity contribution in [3.63, 3.8) is 0 Å². The van der Waals surface area contributed by atoms with Crippen LogP contribution in [0.3, 0.4) is 0 Å². The van der Waals surface area contributed by atoms with Gasteiger partial charge in [0.1, 0.15) is 12.4 Å². The van der Waals surface area contributed by atoms with Crippen LogP contribution in [0.25, 0.3) is 0 Å². The molecule has 0 saturated heterocycles. The fourth-order valence-corrected chi connectivity index (χ4v) is 2.32. The van der Waals surface area contributed by atoms with Crippen LogP contribution in [-0.4, -0.2) is 31.1 Å².